The zero-order chi connectivity index (χ0) is 20.6. The van der Waals surface area contributed by atoms with Gasteiger partial charge in [-0.1, -0.05) is 6.92 Å². The number of carbonyl (C=O) groups is 1. The van der Waals surface area contributed by atoms with Gasteiger partial charge in [-0.15, -0.1) is 0 Å². The molecular formula is C20H29N7O2. The van der Waals surface area contributed by atoms with Crippen LogP contribution in [-0.4, -0.2) is 57.4 Å². The van der Waals surface area contributed by atoms with Gasteiger partial charge in [-0.05, 0) is 37.6 Å². The van der Waals surface area contributed by atoms with Crippen molar-refractivity contribution in [1.82, 2.24) is 30.7 Å². The quantitative estimate of drug-likeness (QED) is 0.312. The number of hydrogen-bond donors (Lipinski definition) is 4. The van der Waals surface area contributed by atoms with Crippen LogP contribution in [0.3, 0.4) is 0 Å². The Balaban J connectivity index is 1.49. The number of carbonyl (C=O) groups excluding carboxylic acids is 1. The number of fused-ring (bicyclic) bond motifs is 1. The van der Waals surface area contributed by atoms with E-state index in [1.807, 2.05) is 11.6 Å². The first-order valence-electron chi connectivity index (χ1n) is 10.1. The van der Waals surface area contributed by atoms with Crippen molar-refractivity contribution in [3.8, 4) is 5.75 Å². The van der Waals surface area contributed by atoms with Crippen LogP contribution in [0.4, 0.5) is 0 Å². The molecule has 2 heterocycles. The third kappa shape index (κ3) is 5.69. The first-order chi connectivity index (χ1) is 14.1. The Hall–Kier alpha value is -3.10. The number of nitrogens with zero attached hydrogens (tertiary/aromatic N) is 4. The molecule has 3 rings (SSSR count). The van der Waals surface area contributed by atoms with Crippen molar-refractivity contribution < 1.29 is 9.90 Å². The molecule has 1 aliphatic heterocycles. The van der Waals surface area contributed by atoms with E-state index in [4.69, 9.17) is 0 Å². The first-order valence-corrected chi connectivity index (χ1v) is 10.1. The number of aryl methyl sites for hydroxylation is 2. The van der Waals surface area contributed by atoms with Crippen molar-refractivity contribution in [2.24, 2.45) is 4.99 Å². The molecule has 1 aliphatic rings. The van der Waals surface area contributed by atoms with E-state index >= 15 is 0 Å². The largest absolute Gasteiger partial charge is 0.508 e. The van der Waals surface area contributed by atoms with Gasteiger partial charge >= 0.3 is 0 Å². The van der Waals surface area contributed by atoms with Gasteiger partial charge in [-0.3, -0.25) is 9.79 Å². The van der Waals surface area contributed by atoms with Gasteiger partial charge in [0.25, 0.3) is 5.91 Å². The molecule has 0 saturated carbocycles. The number of aromatic hydroxyl groups is 1. The number of benzene rings is 1. The predicted molar refractivity (Wildman–Crippen MR) is 111 cm³/mol. The SMILES string of the molecule is CCNC(=NCCNC(=O)c1ccc(O)cc1)NC1CCc2nc(CC)nn2C1. The Morgan fingerprint density at radius 2 is 2.07 bits per heavy atom. The maximum atomic E-state index is 12.1. The minimum Gasteiger partial charge on any atom is -0.508 e. The van der Waals surface area contributed by atoms with E-state index in [1.165, 1.54) is 12.1 Å². The Morgan fingerprint density at radius 3 is 2.79 bits per heavy atom. The second-order valence-electron chi connectivity index (χ2n) is 6.92. The normalized spacial score (nSPS) is 16.2. The van der Waals surface area contributed by atoms with Crippen LogP contribution in [-0.2, 0) is 19.4 Å². The van der Waals surface area contributed by atoms with Crippen molar-refractivity contribution in [3.05, 3.63) is 41.5 Å². The second kappa shape index (κ2) is 9.90. The summed E-state index contributed by atoms with van der Waals surface area (Å²) in [6.07, 6.45) is 2.72. The number of guanidine groups is 1. The summed E-state index contributed by atoms with van der Waals surface area (Å²) in [7, 11) is 0. The molecule has 0 fully saturated rings. The number of aromatic nitrogens is 3. The van der Waals surface area contributed by atoms with Crippen LogP contribution in [0.25, 0.3) is 0 Å². The standard InChI is InChI=1S/C20H29N7O2/c1-3-17-25-18-10-7-15(13-27(18)26-17)24-20(21-4-2)23-12-11-22-19(29)14-5-8-16(28)9-6-14/h5-6,8-9,15,28H,3-4,7,10-13H2,1-2H3,(H,22,29)(H2,21,23,24). The molecule has 0 spiro atoms. The molecular weight excluding hydrogens is 370 g/mol. The van der Waals surface area contributed by atoms with E-state index in [0.717, 1.165) is 50.0 Å². The van der Waals surface area contributed by atoms with Crippen LogP contribution in [0.15, 0.2) is 29.3 Å². The topological polar surface area (TPSA) is 116 Å². The average molecular weight is 399 g/mol. The molecule has 1 amide bonds. The van der Waals surface area contributed by atoms with Crippen LogP contribution in [0, 0.1) is 0 Å². The summed E-state index contributed by atoms with van der Waals surface area (Å²) in [6, 6.07) is 6.40. The Labute approximate surface area is 170 Å². The number of hydrogen-bond acceptors (Lipinski definition) is 5. The van der Waals surface area contributed by atoms with Crippen molar-refractivity contribution in [2.45, 2.75) is 45.7 Å². The maximum absolute atomic E-state index is 12.1. The molecule has 0 aliphatic carbocycles. The fraction of sp³-hybridized carbons (Fsp3) is 0.500. The third-order valence-electron chi connectivity index (χ3n) is 4.70. The van der Waals surface area contributed by atoms with E-state index in [-0.39, 0.29) is 17.7 Å². The highest BCUT2D eigenvalue weighted by molar-refractivity contribution is 5.94. The van der Waals surface area contributed by atoms with Gasteiger partial charge in [-0.25, -0.2) is 9.67 Å². The van der Waals surface area contributed by atoms with Gasteiger partial charge in [-0.2, -0.15) is 5.10 Å². The Bertz CT molecular complexity index is 845. The molecule has 0 bridgehead atoms. The van der Waals surface area contributed by atoms with Gasteiger partial charge in [0, 0.05) is 37.5 Å². The lowest BCUT2D eigenvalue weighted by Crippen LogP contribution is -2.47. The van der Waals surface area contributed by atoms with Gasteiger partial charge in [0.05, 0.1) is 13.1 Å². The van der Waals surface area contributed by atoms with Gasteiger partial charge in [0.2, 0.25) is 0 Å². The van der Waals surface area contributed by atoms with E-state index in [9.17, 15) is 9.90 Å². The summed E-state index contributed by atoms with van der Waals surface area (Å²) in [5.41, 5.74) is 0.508. The van der Waals surface area contributed by atoms with Gasteiger partial charge in [0.1, 0.15) is 11.6 Å². The van der Waals surface area contributed by atoms with E-state index < -0.39 is 0 Å². The molecule has 156 valence electrons. The molecule has 2 aromatic rings. The molecule has 9 nitrogen and oxygen atoms in total. The zero-order valence-electron chi connectivity index (χ0n) is 17.0. The highest BCUT2D eigenvalue weighted by Gasteiger charge is 2.22. The molecule has 0 radical (unpaired) electrons. The summed E-state index contributed by atoms with van der Waals surface area (Å²) in [5, 5.41) is 23.4. The molecule has 1 aromatic heterocycles. The van der Waals surface area contributed by atoms with Crippen LogP contribution >= 0.6 is 0 Å². The van der Waals surface area contributed by atoms with Crippen LogP contribution in [0.2, 0.25) is 0 Å². The minimum atomic E-state index is -0.184. The highest BCUT2D eigenvalue weighted by atomic mass is 16.3. The predicted octanol–water partition coefficient (Wildman–Crippen LogP) is 0.846. The summed E-state index contributed by atoms with van der Waals surface area (Å²) < 4.78 is 1.99. The number of phenolic OH excluding ortho intramolecular Hbond substituents is 1. The molecule has 1 aromatic carbocycles. The molecule has 4 N–H and O–H groups in total. The average Bonchev–Trinajstić information content (AvgIpc) is 3.14. The van der Waals surface area contributed by atoms with Crippen molar-refractivity contribution in [3.63, 3.8) is 0 Å². The summed E-state index contributed by atoms with van der Waals surface area (Å²) in [5.74, 6) is 2.63. The van der Waals surface area contributed by atoms with Crippen LogP contribution < -0.4 is 16.0 Å². The first kappa shape index (κ1) is 20.6. The van der Waals surface area contributed by atoms with Crippen molar-refractivity contribution >= 4 is 11.9 Å². The van der Waals surface area contributed by atoms with Gasteiger partial charge in [0.15, 0.2) is 11.8 Å². The molecule has 1 atom stereocenters. The van der Waals surface area contributed by atoms with E-state index in [2.05, 4.69) is 37.9 Å². The molecule has 29 heavy (non-hydrogen) atoms. The lowest BCUT2D eigenvalue weighted by molar-refractivity contribution is 0.0955. The number of rotatable bonds is 7. The van der Waals surface area contributed by atoms with E-state index in [0.29, 0.717) is 18.7 Å². The Morgan fingerprint density at radius 1 is 1.28 bits per heavy atom. The smallest absolute Gasteiger partial charge is 0.251 e. The minimum absolute atomic E-state index is 0.138. The Kier molecular flexibility index (Phi) is 7.04. The summed E-state index contributed by atoms with van der Waals surface area (Å²) >= 11 is 0. The lowest BCUT2D eigenvalue weighted by atomic mass is 10.1. The maximum Gasteiger partial charge on any atom is 0.251 e. The molecule has 1 unspecified atom stereocenters. The second-order valence-corrected chi connectivity index (χ2v) is 6.92. The van der Waals surface area contributed by atoms with Crippen LogP contribution in [0.5, 0.6) is 5.75 Å². The zero-order valence-corrected chi connectivity index (χ0v) is 17.0. The summed E-state index contributed by atoms with van der Waals surface area (Å²) in [6.45, 7) is 6.49. The summed E-state index contributed by atoms with van der Waals surface area (Å²) in [4.78, 5) is 21.2. The monoisotopic (exact) mass is 399 g/mol. The lowest BCUT2D eigenvalue weighted by Gasteiger charge is -2.25. The van der Waals surface area contributed by atoms with Crippen molar-refractivity contribution in [1.29, 1.82) is 0 Å². The van der Waals surface area contributed by atoms with E-state index in [1.54, 1.807) is 12.1 Å². The fourth-order valence-electron chi connectivity index (χ4n) is 3.19. The number of amides is 1. The van der Waals surface area contributed by atoms with Crippen LogP contribution in [0.1, 0.15) is 42.3 Å². The molecule has 0 saturated heterocycles. The fourth-order valence-corrected chi connectivity index (χ4v) is 3.19. The highest BCUT2D eigenvalue weighted by Crippen LogP contribution is 2.13. The number of phenols is 1. The van der Waals surface area contributed by atoms with Crippen molar-refractivity contribution in [2.75, 3.05) is 19.6 Å². The number of nitrogens with one attached hydrogen (secondary N) is 3. The van der Waals surface area contributed by atoms with Gasteiger partial charge < -0.3 is 21.1 Å². The number of aliphatic imine (C=N–C) groups is 1. The third-order valence-corrected chi connectivity index (χ3v) is 4.70. The molecule has 9 heteroatoms.